The van der Waals surface area contributed by atoms with Gasteiger partial charge in [0.1, 0.15) is 17.3 Å². The molecule has 6 rings (SSSR count). The van der Waals surface area contributed by atoms with E-state index < -0.39 is 23.6 Å². The number of rotatable bonds is 10. The first-order valence-electron chi connectivity index (χ1n) is 15.7. The summed E-state index contributed by atoms with van der Waals surface area (Å²) in [7, 11) is 0. The zero-order valence-electron chi connectivity index (χ0n) is 25.5. The van der Waals surface area contributed by atoms with Gasteiger partial charge in [-0.1, -0.05) is 24.3 Å². The van der Waals surface area contributed by atoms with Crippen LogP contribution in [-0.2, 0) is 20.8 Å². The fraction of sp³-hybridized carbons (Fsp3) is 0.382. The summed E-state index contributed by atoms with van der Waals surface area (Å²) >= 11 is 0. The molecule has 238 valence electrons. The normalized spacial score (nSPS) is 18.7. The number of nitrogen functional groups attached to an aromatic ring is 1. The van der Waals surface area contributed by atoms with Gasteiger partial charge in [0.15, 0.2) is 11.6 Å². The summed E-state index contributed by atoms with van der Waals surface area (Å²) in [5, 5.41) is 18.5. The molecule has 1 atom stereocenters. The monoisotopic (exact) mass is 624 g/mol. The molecule has 1 saturated carbocycles. The van der Waals surface area contributed by atoms with Crippen LogP contribution in [0.2, 0.25) is 0 Å². The van der Waals surface area contributed by atoms with E-state index >= 15 is 0 Å². The van der Waals surface area contributed by atoms with Gasteiger partial charge in [-0.3, -0.25) is 33.8 Å². The van der Waals surface area contributed by atoms with Crippen LogP contribution in [0.4, 0.5) is 11.5 Å². The summed E-state index contributed by atoms with van der Waals surface area (Å²) < 4.78 is 0. The molecule has 3 N–H and O–H groups in total. The second kappa shape index (κ2) is 13.2. The zero-order valence-corrected chi connectivity index (χ0v) is 25.5. The van der Waals surface area contributed by atoms with Crippen molar-refractivity contribution in [1.29, 1.82) is 0 Å². The number of hydrogen-bond donors (Lipinski definition) is 2. The van der Waals surface area contributed by atoms with Gasteiger partial charge in [0, 0.05) is 51.0 Å². The first-order chi connectivity index (χ1) is 22.2. The highest BCUT2D eigenvalue weighted by atomic mass is 16.3. The number of nitrogens with two attached hydrogens (primary N) is 1. The number of carbonyl (C=O) groups is 5. The van der Waals surface area contributed by atoms with Gasteiger partial charge in [-0.25, -0.2) is 0 Å². The average molecular weight is 625 g/mol. The minimum Gasteiger partial charge on any atom is -0.507 e. The number of anilines is 2. The Labute approximate surface area is 266 Å². The molecule has 1 saturated heterocycles. The van der Waals surface area contributed by atoms with E-state index in [1.54, 1.807) is 36.4 Å². The van der Waals surface area contributed by atoms with Gasteiger partial charge in [0.25, 0.3) is 11.8 Å². The topological polar surface area (TPSA) is 167 Å². The standard InChI is InChI=1S/C34H36N6O6/c35-32-28(20-26(36-37-32)24-8-1-2-10-29(24)43)39-16-14-38(15-17-39)13-4-3-7-22(41)18-21-6-5-9-25-31(21)34(46)40(33(25)45)27-12-11-23(42)19-30(27)44/h1-2,5-6,8-10,20,27,43H,3-4,7,11-19H2,(H2,35,37). The molecule has 2 aromatic carbocycles. The Hall–Kier alpha value is -4.97. The lowest BCUT2D eigenvalue weighted by atomic mass is 9.92. The third kappa shape index (κ3) is 6.25. The third-order valence-corrected chi connectivity index (χ3v) is 9.05. The van der Waals surface area contributed by atoms with Crippen molar-refractivity contribution >= 4 is 40.7 Å². The van der Waals surface area contributed by atoms with Crippen LogP contribution in [-0.4, -0.2) is 93.0 Å². The van der Waals surface area contributed by atoms with Crippen molar-refractivity contribution < 1.29 is 29.1 Å². The molecule has 3 aliphatic rings. The Morgan fingerprint density at radius 3 is 2.43 bits per heavy atom. The molecule has 12 nitrogen and oxygen atoms in total. The SMILES string of the molecule is Nc1nnc(-c2ccccc2O)cc1N1CCN(CCCCC(=O)Cc2cccc3c2C(=O)N(C2CCC(=O)CC2=O)C3=O)CC1. The summed E-state index contributed by atoms with van der Waals surface area (Å²) in [4.78, 5) is 69.0. The highest BCUT2D eigenvalue weighted by Gasteiger charge is 2.45. The molecule has 1 unspecified atom stereocenters. The number of imide groups is 1. The van der Waals surface area contributed by atoms with Gasteiger partial charge in [0.05, 0.1) is 35.0 Å². The number of carbonyl (C=O) groups excluding carboxylic acids is 5. The minimum atomic E-state index is -0.935. The van der Waals surface area contributed by atoms with Crippen LogP contribution in [0.3, 0.4) is 0 Å². The Morgan fingerprint density at radius 2 is 1.67 bits per heavy atom. The van der Waals surface area contributed by atoms with E-state index in [9.17, 15) is 29.1 Å². The van der Waals surface area contributed by atoms with Crippen molar-refractivity contribution in [3.8, 4) is 17.0 Å². The van der Waals surface area contributed by atoms with Crippen LogP contribution in [0.1, 0.15) is 64.8 Å². The maximum atomic E-state index is 13.3. The lowest BCUT2D eigenvalue weighted by Crippen LogP contribution is -2.47. The van der Waals surface area contributed by atoms with Crippen molar-refractivity contribution in [2.75, 3.05) is 43.4 Å². The average Bonchev–Trinajstić information content (AvgIpc) is 3.30. The number of aromatic nitrogens is 2. The van der Waals surface area contributed by atoms with Crippen molar-refractivity contribution in [2.24, 2.45) is 0 Å². The van der Waals surface area contributed by atoms with Crippen molar-refractivity contribution in [3.05, 3.63) is 65.2 Å². The van der Waals surface area contributed by atoms with Gasteiger partial charge in [-0.05, 0) is 55.6 Å². The highest BCUT2D eigenvalue weighted by Crippen LogP contribution is 2.33. The number of piperazine rings is 1. The summed E-state index contributed by atoms with van der Waals surface area (Å²) in [6.45, 7) is 3.99. The predicted molar refractivity (Wildman–Crippen MR) is 169 cm³/mol. The third-order valence-electron chi connectivity index (χ3n) is 9.05. The lowest BCUT2D eigenvalue weighted by molar-refractivity contribution is -0.132. The summed E-state index contributed by atoms with van der Waals surface area (Å²) in [5.74, 6) is -1.24. The van der Waals surface area contributed by atoms with E-state index in [1.165, 1.54) is 0 Å². The number of phenols is 1. The second-order valence-corrected chi connectivity index (χ2v) is 12.1. The zero-order chi connectivity index (χ0) is 32.4. The van der Waals surface area contributed by atoms with Gasteiger partial charge in [-0.2, -0.15) is 0 Å². The first-order valence-corrected chi connectivity index (χ1v) is 15.7. The number of unbranched alkanes of at least 4 members (excludes halogenated alkanes) is 1. The first kappa shape index (κ1) is 31.0. The molecule has 2 aliphatic heterocycles. The fourth-order valence-electron chi connectivity index (χ4n) is 6.57. The van der Waals surface area contributed by atoms with E-state index in [2.05, 4.69) is 20.0 Å². The van der Waals surface area contributed by atoms with Crippen LogP contribution in [0.15, 0.2) is 48.5 Å². The van der Waals surface area contributed by atoms with E-state index in [-0.39, 0.29) is 54.1 Å². The predicted octanol–water partition coefficient (Wildman–Crippen LogP) is 2.82. The van der Waals surface area contributed by atoms with E-state index in [0.717, 1.165) is 49.7 Å². The van der Waals surface area contributed by atoms with Crippen LogP contribution < -0.4 is 10.6 Å². The molecule has 1 aromatic heterocycles. The number of para-hydroxylation sites is 1. The minimum absolute atomic E-state index is 0.0165. The van der Waals surface area contributed by atoms with Gasteiger partial charge in [0.2, 0.25) is 0 Å². The van der Waals surface area contributed by atoms with Gasteiger partial charge in [-0.15, -0.1) is 10.2 Å². The lowest BCUT2D eigenvalue weighted by Gasteiger charge is -2.36. The van der Waals surface area contributed by atoms with Gasteiger partial charge < -0.3 is 15.7 Å². The Bertz CT molecular complexity index is 1720. The van der Waals surface area contributed by atoms with Crippen LogP contribution >= 0.6 is 0 Å². The van der Waals surface area contributed by atoms with Gasteiger partial charge >= 0.3 is 0 Å². The largest absolute Gasteiger partial charge is 0.507 e. The number of Topliss-reactive ketones (excluding diaryl/α,β-unsaturated/α-hetero) is 3. The summed E-state index contributed by atoms with van der Waals surface area (Å²) in [5.41, 5.74) is 9.00. The molecule has 0 spiro atoms. The fourth-order valence-corrected chi connectivity index (χ4v) is 6.57. The number of phenolic OH excluding ortho intramolecular Hbond substituents is 1. The van der Waals surface area contributed by atoms with Crippen LogP contribution in [0, 0.1) is 0 Å². The maximum Gasteiger partial charge on any atom is 0.262 e. The van der Waals surface area contributed by atoms with Crippen molar-refractivity contribution in [3.63, 3.8) is 0 Å². The number of nitrogens with zero attached hydrogens (tertiary/aromatic N) is 5. The molecule has 0 radical (unpaired) electrons. The number of benzene rings is 2. The molecule has 1 aliphatic carbocycles. The molecule has 0 bridgehead atoms. The molecule has 3 heterocycles. The molecule has 2 fully saturated rings. The smallest absolute Gasteiger partial charge is 0.262 e. The Balaban J connectivity index is 0.979. The van der Waals surface area contributed by atoms with Crippen LogP contribution in [0.5, 0.6) is 5.75 Å². The van der Waals surface area contributed by atoms with E-state index in [4.69, 9.17) is 5.73 Å². The number of ketones is 3. The molecule has 12 heteroatoms. The maximum absolute atomic E-state index is 13.3. The molecule has 2 amide bonds. The second-order valence-electron chi connectivity index (χ2n) is 12.1. The quantitative estimate of drug-likeness (QED) is 0.193. The summed E-state index contributed by atoms with van der Waals surface area (Å²) in [6.07, 6.45) is 1.96. The van der Waals surface area contributed by atoms with E-state index in [0.29, 0.717) is 35.5 Å². The number of hydrogen-bond acceptors (Lipinski definition) is 11. The van der Waals surface area contributed by atoms with E-state index in [1.807, 2.05) is 12.1 Å². The number of amides is 2. The summed E-state index contributed by atoms with van der Waals surface area (Å²) in [6, 6.07) is 12.8. The number of aromatic hydroxyl groups is 1. The highest BCUT2D eigenvalue weighted by molar-refractivity contribution is 6.24. The number of fused-ring (bicyclic) bond motifs is 1. The molecular weight excluding hydrogens is 588 g/mol. The Kier molecular flexibility index (Phi) is 8.89. The van der Waals surface area contributed by atoms with Crippen molar-refractivity contribution in [1.82, 2.24) is 20.0 Å². The molecular formula is C34H36N6O6. The Morgan fingerprint density at radius 1 is 0.913 bits per heavy atom. The molecule has 3 aromatic rings. The van der Waals surface area contributed by atoms with Crippen molar-refractivity contribution in [2.45, 2.75) is 51.0 Å². The molecule has 46 heavy (non-hydrogen) atoms. The van der Waals surface area contributed by atoms with Crippen LogP contribution in [0.25, 0.3) is 11.3 Å².